The Morgan fingerprint density at radius 3 is 2.83 bits per heavy atom. The van der Waals surface area contributed by atoms with Gasteiger partial charge in [0.2, 0.25) is 10.0 Å². The van der Waals surface area contributed by atoms with Crippen LogP contribution in [-0.4, -0.2) is 65.6 Å². The first-order chi connectivity index (χ1) is 11.5. The number of likely N-dealkylation sites (N-methyl/N-ethyl adjacent to an activating group) is 1. The van der Waals surface area contributed by atoms with Crippen molar-refractivity contribution in [2.45, 2.75) is 25.3 Å². The SMILES string of the molecule is CCN(CC)CCNS(=O)(=O)CCCSc1ccc2nccn2n1. The van der Waals surface area contributed by atoms with E-state index in [9.17, 15) is 8.42 Å². The second-order valence-electron chi connectivity index (χ2n) is 5.34. The van der Waals surface area contributed by atoms with Crippen LogP contribution in [0.5, 0.6) is 0 Å². The molecule has 7 nitrogen and oxygen atoms in total. The van der Waals surface area contributed by atoms with Crippen LogP contribution in [0.4, 0.5) is 0 Å². The predicted octanol–water partition coefficient (Wildman–Crippen LogP) is 1.47. The molecule has 0 aliphatic heterocycles. The molecule has 2 rings (SSSR count). The second kappa shape index (κ2) is 9.36. The Morgan fingerprint density at radius 2 is 2.08 bits per heavy atom. The fourth-order valence-corrected chi connectivity index (χ4v) is 4.33. The van der Waals surface area contributed by atoms with Crippen LogP contribution in [0.1, 0.15) is 20.3 Å². The van der Waals surface area contributed by atoms with Gasteiger partial charge in [-0.05, 0) is 31.6 Å². The van der Waals surface area contributed by atoms with Crippen LogP contribution in [0, 0.1) is 0 Å². The highest BCUT2D eigenvalue weighted by Gasteiger charge is 2.10. The Morgan fingerprint density at radius 1 is 1.29 bits per heavy atom. The van der Waals surface area contributed by atoms with Crippen molar-refractivity contribution in [2.75, 3.05) is 37.7 Å². The topological polar surface area (TPSA) is 79.6 Å². The Balaban J connectivity index is 1.68. The molecule has 0 fully saturated rings. The van der Waals surface area contributed by atoms with Gasteiger partial charge in [0, 0.05) is 31.2 Å². The molecule has 0 atom stereocenters. The minimum absolute atomic E-state index is 0.144. The highest BCUT2D eigenvalue weighted by Crippen LogP contribution is 2.16. The maximum absolute atomic E-state index is 12.0. The zero-order valence-corrected chi connectivity index (χ0v) is 15.8. The first-order valence-corrected chi connectivity index (χ1v) is 10.8. The van der Waals surface area contributed by atoms with E-state index in [-0.39, 0.29) is 5.75 Å². The van der Waals surface area contributed by atoms with Crippen molar-refractivity contribution in [3.63, 3.8) is 0 Å². The van der Waals surface area contributed by atoms with Gasteiger partial charge in [0.25, 0.3) is 0 Å². The Labute approximate surface area is 147 Å². The number of hydrogen-bond acceptors (Lipinski definition) is 6. The largest absolute Gasteiger partial charge is 0.303 e. The molecule has 0 radical (unpaired) electrons. The number of thioether (sulfide) groups is 1. The Kier molecular flexibility index (Phi) is 7.47. The van der Waals surface area contributed by atoms with Crippen LogP contribution in [-0.2, 0) is 10.0 Å². The van der Waals surface area contributed by atoms with E-state index in [1.54, 1.807) is 28.7 Å². The van der Waals surface area contributed by atoms with E-state index in [0.717, 1.165) is 30.3 Å². The third-order valence-corrected chi connectivity index (χ3v) is 6.16. The van der Waals surface area contributed by atoms with Crippen LogP contribution in [0.25, 0.3) is 5.65 Å². The van der Waals surface area contributed by atoms with E-state index in [0.29, 0.717) is 18.7 Å². The van der Waals surface area contributed by atoms with E-state index in [1.807, 2.05) is 12.1 Å². The summed E-state index contributed by atoms with van der Waals surface area (Å²) in [7, 11) is -3.20. The highest BCUT2D eigenvalue weighted by atomic mass is 32.2. The van der Waals surface area contributed by atoms with Crippen molar-refractivity contribution >= 4 is 27.4 Å². The summed E-state index contributed by atoms with van der Waals surface area (Å²) in [5.74, 6) is 0.857. The lowest BCUT2D eigenvalue weighted by Crippen LogP contribution is -2.35. The lowest BCUT2D eigenvalue weighted by Gasteiger charge is -2.17. The van der Waals surface area contributed by atoms with Gasteiger partial charge in [-0.15, -0.1) is 11.8 Å². The first kappa shape index (κ1) is 19.2. The average Bonchev–Trinajstić information content (AvgIpc) is 3.03. The average molecular weight is 372 g/mol. The molecule has 1 N–H and O–H groups in total. The van der Waals surface area contributed by atoms with Gasteiger partial charge in [-0.1, -0.05) is 13.8 Å². The molecule has 0 aliphatic rings. The molecule has 0 saturated heterocycles. The molecule has 9 heteroatoms. The number of aromatic nitrogens is 3. The molecular weight excluding hydrogens is 346 g/mol. The maximum Gasteiger partial charge on any atom is 0.211 e. The molecule has 0 aliphatic carbocycles. The van der Waals surface area contributed by atoms with Gasteiger partial charge in [0.05, 0.1) is 5.75 Å². The summed E-state index contributed by atoms with van der Waals surface area (Å²) < 4.78 is 28.3. The van der Waals surface area contributed by atoms with Crippen molar-refractivity contribution in [3.8, 4) is 0 Å². The fraction of sp³-hybridized carbons (Fsp3) is 0.600. The van der Waals surface area contributed by atoms with Crippen molar-refractivity contribution in [1.82, 2.24) is 24.2 Å². The zero-order valence-electron chi connectivity index (χ0n) is 14.2. The molecule has 2 heterocycles. The first-order valence-electron chi connectivity index (χ1n) is 8.17. The van der Waals surface area contributed by atoms with Crippen molar-refractivity contribution in [2.24, 2.45) is 0 Å². The Bertz CT molecular complexity index is 728. The lowest BCUT2D eigenvalue weighted by molar-refractivity contribution is 0.309. The normalized spacial score (nSPS) is 12.3. The summed E-state index contributed by atoms with van der Waals surface area (Å²) >= 11 is 1.56. The van der Waals surface area contributed by atoms with Crippen LogP contribution in [0.3, 0.4) is 0 Å². The van der Waals surface area contributed by atoms with Gasteiger partial charge in [-0.3, -0.25) is 0 Å². The number of hydrogen-bond donors (Lipinski definition) is 1. The smallest absolute Gasteiger partial charge is 0.211 e. The van der Waals surface area contributed by atoms with Gasteiger partial charge in [-0.25, -0.2) is 22.6 Å². The second-order valence-corrected chi connectivity index (χ2v) is 8.39. The van der Waals surface area contributed by atoms with Gasteiger partial charge in [0.1, 0.15) is 5.03 Å². The van der Waals surface area contributed by atoms with Gasteiger partial charge < -0.3 is 4.90 Å². The van der Waals surface area contributed by atoms with E-state index >= 15 is 0 Å². The number of fused-ring (bicyclic) bond motifs is 1. The monoisotopic (exact) mass is 371 g/mol. The molecule has 0 spiro atoms. The molecule has 2 aromatic heterocycles. The number of sulfonamides is 1. The van der Waals surface area contributed by atoms with Gasteiger partial charge in [-0.2, -0.15) is 5.10 Å². The fourth-order valence-electron chi connectivity index (χ4n) is 2.27. The third-order valence-electron chi connectivity index (χ3n) is 3.68. The van der Waals surface area contributed by atoms with Crippen LogP contribution in [0.2, 0.25) is 0 Å². The van der Waals surface area contributed by atoms with E-state index in [2.05, 4.69) is 33.6 Å². The molecule has 0 saturated carbocycles. The minimum atomic E-state index is -3.20. The summed E-state index contributed by atoms with van der Waals surface area (Å²) in [6.45, 7) is 7.23. The lowest BCUT2D eigenvalue weighted by atomic mass is 10.5. The molecular formula is C15H25N5O2S2. The molecule has 0 aromatic carbocycles. The number of nitrogens with one attached hydrogen (secondary N) is 1. The minimum Gasteiger partial charge on any atom is -0.303 e. The summed E-state index contributed by atoms with van der Waals surface area (Å²) in [5.41, 5.74) is 0.805. The molecule has 0 unspecified atom stereocenters. The van der Waals surface area contributed by atoms with E-state index < -0.39 is 10.0 Å². The summed E-state index contributed by atoms with van der Waals surface area (Å²) in [4.78, 5) is 6.33. The van der Waals surface area contributed by atoms with Crippen LogP contribution >= 0.6 is 11.8 Å². The molecule has 134 valence electrons. The number of imidazole rings is 1. The summed E-state index contributed by atoms with van der Waals surface area (Å²) in [6, 6.07) is 3.81. The highest BCUT2D eigenvalue weighted by molar-refractivity contribution is 7.99. The molecule has 2 aromatic rings. The Hall–Kier alpha value is -1.16. The molecule has 0 bridgehead atoms. The van der Waals surface area contributed by atoms with Crippen LogP contribution < -0.4 is 4.72 Å². The molecule has 0 amide bonds. The number of rotatable bonds is 11. The molecule has 24 heavy (non-hydrogen) atoms. The standard InChI is InChI=1S/C15H25N5O2S2/c1-3-19(4-2)10-9-17-24(21,22)13-5-12-23-15-7-6-14-16-8-11-20(14)18-15/h6-8,11,17H,3-5,9-10,12-13H2,1-2H3. The van der Waals surface area contributed by atoms with Crippen molar-refractivity contribution < 1.29 is 8.42 Å². The zero-order chi connectivity index (χ0) is 17.4. The van der Waals surface area contributed by atoms with Gasteiger partial charge in [0.15, 0.2) is 5.65 Å². The van der Waals surface area contributed by atoms with Gasteiger partial charge >= 0.3 is 0 Å². The quantitative estimate of drug-likeness (QED) is 0.476. The van der Waals surface area contributed by atoms with Crippen molar-refractivity contribution in [1.29, 1.82) is 0 Å². The summed E-state index contributed by atoms with van der Waals surface area (Å²) in [6.07, 6.45) is 4.09. The summed E-state index contributed by atoms with van der Waals surface area (Å²) in [5, 5.41) is 5.27. The van der Waals surface area contributed by atoms with Crippen LogP contribution in [0.15, 0.2) is 29.6 Å². The van der Waals surface area contributed by atoms with Crippen molar-refractivity contribution in [3.05, 3.63) is 24.5 Å². The maximum atomic E-state index is 12.0. The van der Waals surface area contributed by atoms with E-state index in [1.165, 1.54) is 0 Å². The number of nitrogens with zero attached hydrogens (tertiary/aromatic N) is 4. The predicted molar refractivity (Wildman–Crippen MR) is 97.9 cm³/mol. The third kappa shape index (κ3) is 6.04. The van der Waals surface area contributed by atoms with E-state index in [4.69, 9.17) is 0 Å².